The highest BCUT2D eigenvalue weighted by atomic mass is 32.1. The van der Waals surface area contributed by atoms with Crippen molar-refractivity contribution in [3.8, 4) is 0 Å². The number of methoxy groups -OCH3 is 2. The van der Waals surface area contributed by atoms with Crippen LogP contribution in [0.5, 0.6) is 0 Å². The van der Waals surface area contributed by atoms with Crippen molar-refractivity contribution >= 4 is 21.6 Å². The van der Waals surface area contributed by atoms with Gasteiger partial charge in [-0.15, -0.1) is 11.3 Å². The maximum Gasteiger partial charge on any atom is 0.268 e. The Kier molecular flexibility index (Phi) is 5.03. The van der Waals surface area contributed by atoms with Crippen LogP contribution in [0.3, 0.4) is 0 Å². The van der Waals surface area contributed by atoms with Crippen molar-refractivity contribution in [2.45, 2.75) is 12.6 Å². The smallest absolute Gasteiger partial charge is 0.268 e. The zero-order chi connectivity index (χ0) is 13.7. The van der Waals surface area contributed by atoms with Crippen LogP contribution in [0.15, 0.2) is 16.2 Å². The molecule has 2 aromatic heterocycles. The fourth-order valence-corrected chi connectivity index (χ4v) is 2.48. The van der Waals surface area contributed by atoms with Crippen LogP contribution >= 0.6 is 11.3 Å². The second-order valence-electron chi connectivity index (χ2n) is 4.09. The SMILES string of the molecule is COCC(CNCc1nc2ccsc2c(=O)[nH]1)OC. The van der Waals surface area contributed by atoms with E-state index >= 15 is 0 Å². The van der Waals surface area contributed by atoms with E-state index in [1.807, 2.05) is 11.4 Å². The van der Waals surface area contributed by atoms with Gasteiger partial charge in [-0.3, -0.25) is 4.79 Å². The van der Waals surface area contributed by atoms with E-state index in [1.54, 1.807) is 14.2 Å². The Morgan fingerprint density at radius 2 is 2.37 bits per heavy atom. The highest BCUT2D eigenvalue weighted by molar-refractivity contribution is 7.17. The van der Waals surface area contributed by atoms with Gasteiger partial charge in [0.1, 0.15) is 10.5 Å². The van der Waals surface area contributed by atoms with Gasteiger partial charge in [0.25, 0.3) is 5.56 Å². The molecule has 19 heavy (non-hydrogen) atoms. The molecule has 0 aliphatic carbocycles. The number of thiophene rings is 1. The predicted octanol–water partition coefficient (Wildman–Crippen LogP) is 0.736. The van der Waals surface area contributed by atoms with E-state index in [0.29, 0.717) is 30.2 Å². The Morgan fingerprint density at radius 3 is 3.11 bits per heavy atom. The molecule has 0 aliphatic rings. The van der Waals surface area contributed by atoms with Crippen LogP contribution in [0.25, 0.3) is 10.2 Å². The van der Waals surface area contributed by atoms with E-state index in [-0.39, 0.29) is 11.7 Å². The first-order valence-electron chi connectivity index (χ1n) is 5.93. The van der Waals surface area contributed by atoms with Crippen LogP contribution in [-0.2, 0) is 16.0 Å². The lowest BCUT2D eigenvalue weighted by Crippen LogP contribution is -2.32. The second-order valence-corrected chi connectivity index (χ2v) is 5.01. The fourth-order valence-electron chi connectivity index (χ4n) is 1.75. The average Bonchev–Trinajstić information content (AvgIpc) is 2.86. The number of nitrogens with zero attached hydrogens (tertiary/aromatic N) is 1. The third-order valence-electron chi connectivity index (χ3n) is 2.71. The molecule has 2 rings (SSSR count). The van der Waals surface area contributed by atoms with Gasteiger partial charge in [-0.2, -0.15) is 0 Å². The quantitative estimate of drug-likeness (QED) is 0.783. The van der Waals surface area contributed by atoms with Gasteiger partial charge in [0.2, 0.25) is 0 Å². The van der Waals surface area contributed by atoms with Gasteiger partial charge >= 0.3 is 0 Å². The number of hydrogen-bond donors (Lipinski definition) is 2. The van der Waals surface area contributed by atoms with Crippen molar-refractivity contribution in [1.29, 1.82) is 0 Å². The summed E-state index contributed by atoms with van der Waals surface area (Å²) in [7, 11) is 3.28. The van der Waals surface area contributed by atoms with Crippen LogP contribution in [-0.4, -0.2) is 43.4 Å². The predicted molar refractivity (Wildman–Crippen MR) is 74.6 cm³/mol. The Morgan fingerprint density at radius 1 is 1.53 bits per heavy atom. The van der Waals surface area contributed by atoms with Gasteiger partial charge in [0.15, 0.2) is 0 Å². The first-order chi connectivity index (χ1) is 9.24. The third-order valence-corrected chi connectivity index (χ3v) is 3.62. The molecule has 0 saturated heterocycles. The summed E-state index contributed by atoms with van der Waals surface area (Å²) in [4.78, 5) is 18.9. The molecule has 6 nitrogen and oxygen atoms in total. The monoisotopic (exact) mass is 283 g/mol. The minimum Gasteiger partial charge on any atom is -0.382 e. The molecule has 1 atom stereocenters. The van der Waals surface area contributed by atoms with Crippen LogP contribution in [0.4, 0.5) is 0 Å². The Labute approximate surface area is 114 Å². The van der Waals surface area contributed by atoms with Crippen LogP contribution in [0.1, 0.15) is 5.82 Å². The zero-order valence-electron chi connectivity index (χ0n) is 10.9. The van der Waals surface area contributed by atoms with Crippen LogP contribution in [0, 0.1) is 0 Å². The van der Waals surface area contributed by atoms with E-state index in [1.165, 1.54) is 11.3 Å². The molecular weight excluding hydrogens is 266 g/mol. The number of rotatable bonds is 7. The Bertz CT molecular complexity index is 581. The number of fused-ring (bicyclic) bond motifs is 1. The number of aromatic nitrogens is 2. The molecule has 0 spiro atoms. The number of ether oxygens (including phenoxy) is 2. The molecule has 0 aromatic carbocycles. The molecular formula is C12H17N3O3S. The number of aromatic amines is 1. The van der Waals surface area contributed by atoms with Crippen molar-refractivity contribution in [3.63, 3.8) is 0 Å². The van der Waals surface area contributed by atoms with Gasteiger partial charge in [0, 0.05) is 20.8 Å². The highest BCUT2D eigenvalue weighted by Gasteiger charge is 2.08. The molecule has 2 heterocycles. The normalized spacial score (nSPS) is 12.9. The molecule has 2 N–H and O–H groups in total. The lowest BCUT2D eigenvalue weighted by Gasteiger charge is -2.14. The van der Waals surface area contributed by atoms with Gasteiger partial charge < -0.3 is 19.8 Å². The van der Waals surface area contributed by atoms with E-state index in [9.17, 15) is 4.79 Å². The minimum atomic E-state index is -0.0861. The summed E-state index contributed by atoms with van der Waals surface area (Å²) in [5, 5.41) is 5.05. The lowest BCUT2D eigenvalue weighted by molar-refractivity contribution is 0.0287. The van der Waals surface area contributed by atoms with Gasteiger partial charge in [0.05, 0.1) is 24.8 Å². The van der Waals surface area contributed by atoms with Crippen LogP contribution in [0.2, 0.25) is 0 Å². The fraction of sp³-hybridized carbons (Fsp3) is 0.500. The molecule has 0 saturated carbocycles. The molecule has 0 fully saturated rings. The number of H-pyrrole nitrogens is 1. The second kappa shape index (κ2) is 6.76. The molecule has 0 aliphatic heterocycles. The van der Waals surface area contributed by atoms with Crippen molar-refractivity contribution in [2.24, 2.45) is 0 Å². The summed E-state index contributed by atoms with van der Waals surface area (Å²) in [5.74, 6) is 0.628. The maximum absolute atomic E-state index is 11.8. The summed E-state index contributed by atoms with van der Waals surface area (Å²) in [6, 6.07) is 1.85. The number of nitrogens with one attached hydrogen (secondary N) is 2. The minimum absolute atomic E-state index is 0.0124. The Balaban J connectivity index is 1.96. The van der Waals surface area contributed by atoms with Crippen molar-refractivity contribution in [3.05, 3.63) is 27.6 Å². The maximum atomic E-state index is 11.8. The summed E-state index contributed by atoms with van der Waals surface area (Å²) >= 11 is 1.40. The first kappa shape index (κ1) is 14.1. The van der Waals surface area contributed by atoms with Gasteiger partial charge in [-0.05, 0) is 11.4 Å². The van der Waals surface area contributed by atoms with E-state index < -0.39 is 0 Å². The summed E-state index contributed by atoms with van der Waals surface area (Å²) < 4.78 is 10.9. The summed E-state index contributed by atoms with van der Waals surface area (Å²) in [5.41, 5.74) is 0.655. The molecule has 104 valence electrons. The van der Waals surface area contributed by atoms with Crippen molar-refractivity contribution in [2.75, 3.05) is 27.4 Å². The Hall–Kier alpha value is -1.28. The van der Waals surface area contributed by atoms with Crippen molar-refractivity contribution in [1.82, 2.24) is 15.3 Å². The van der Waals surface area contributed by atoms with Gasteiger partial charge in [-0.25, -0.2) is 4.98 Å². The zero-order valence-corrected chi connectivity index (χ0v) is 11.8. The van der Waals surface area contributed by atoms with E-state index in [0.717, 1.165) is 5.52 Å². The van der Waals surface area contributed by atoms with Crippen molar-refractivity contribution < 1.29 is 9.47 Å². The molecule has 0 bridgehead atoms. The van der Waals surface area contributed by atoms with E-state index in [4.69, 9.17) is 9.47 Å². The molecule has 1 unspecified atom stereocenters. The molecule has 0 radical (unpaired) electrons. The lowest BCUT2D eigenvalue weighted by atomic mass is 10.3. The largest absolute Gasteiger partial charge is 0.382 e. The molecule has 7 heteroatoms. The first-order valence-corrected chi connectivity index (χ1v) is 6.81. The van der Waals surface area contributed by atoms with Gasteiger partial charge in [-0.1, -0.05) is 0 Å². The summed E-state index contributed by atoms with van der Waals surface area (Å²) in [6.07, 6.45) is -0.0124. The number of hydrogen-bond acceptors (Lipinski definition) is 6. The van der Waals surface area contributed by atoms with E-state index in [2.05, 4.69) is 15.3 Å². The standard InChI is InChI=1S/C12H17N3O3S/c1-17-7-8(18-2)5-13-6-10-14-9-3-4-19-11(9)12(16)15-10/h3-4,8,13H,5-7H2,1-2H3,(H,14,15,16). The highest BCUT2D eigenvalue weighted by Crippen LogP contribution is 2.13. The average molecular weight is 283 g/mol. The molecule has 2 aromatic rings. The molecule has 0 amide bonds. The summed E-state index contributed by atoms with van der Waals surface area (Å²) in [6.45, 7) is 1.65. The van der Waals surface area contributed by atoms with Crippen LogP contribution < -0.4 is 10.9 Å². The topological polar surface area (TPSA) is 76.2 Å². The third kappa shape index (κ3) is 3.60.